The van der Waals surface area contributed by atoms with Gasteiger partial charge in [-0.3, -0.25) is 4.68 Å². The van der Waals surface area contributed by atoms with Crippen molar-refractivity contribution in [1.82, 2.24) is 20.0 Å². The van der Waals surface area contributed by atoms with E-state index in [2.05, 4.69) is 22.2 Å². The van der Waals surface area contributed by atoms with Crippen LogP contribution in [-0.2, 0) is 6.54 Å². The molecule has 0 aliphatic carbocycles. The van der Waals surface area contributed by atoms with Crippen molar-refractivity contribution in [1.29, 1.82) is 0 Å². The van der Waals surface area contributed by atoms with Gasteiger partial charge >= 0.3 is 0 Å². The largest absolute Gasteiger partial charge is 0.313 e. The van der Waals surface area contributed by atoms with E-state index in [9.17, 15) is 0 Å². The Kier molecular flexibility index (Phi) is 5.68. The molecule has 0 spiro atoms. The van der Waals surface area contributed by atoms with Crippen molar-refractivity contribution in [2.75, 3.05) is 26.2 Å². The molecule has 1 atom stereocenters. The van der Waals surface area contributed by atoms with Crippen LogP contribution in [0.2, 0.25) is 0 Å². The molecular formula is C14H26N4. The van der Waals surface area contributed by atoms with E-state index in [1.807, 2.05) is 23.1 Å². The van der Waals surface area contributed by atoms with Gasteiger partial charge in [-0.2, -0.15) is 5.10 Å². The van der Waals surface area contributed by atoms with Gasteiger partial charge in [-0.05, 0) is 51.4 Å². The second kappa shape index (κ2) is 7.54. The Morgan fingerprint density at radius 2 is 2.33 bits per heavy atom. The Bertz CT molecular complexity index is 310. The monoisotopic (exact) mass is 250 g/mol. The van der Waals surface area contributed by atoms with E-state index in [-0.39, 0.29) is 0 Å². The van der Waals surface area contributed by atoms with Gasteiger partial charge in [0.05, 0.1) is 0 Å². The number of hydrogen-bond acceptors (Lipinski definition) is 3. The van der Waals surface area contributed by atoms with Crippen LogP contribution >= 0.6 is 0 Å². The lowest BCUT2D eigenvalue weighted by molar-refractivity contribution is 0.186. The number of hydrogen-bond donors (Lipinski definition) is 1. The van der Waals surface area contributed by atoms with Crippen molar-refractivity contribution in [3.63, 3.8) is 0 Å². The summed E-state index contributed by atoms with van der Waals surface area (Å²) in [5.74, 6) is 0. The number of nitrogens with zero attached hydrogens (tertiary/aromatic N) is 3. The van der Waals surface area contributed by atoms with Crippen molar-refractivity contribution in [3.05, 3.63) is 18.5 Å². The Labute approximate surface area is 110 Å². The van der Waals surface area contributed by atoms with Gasteiger partial charge in [-0.15, -0.1) is 0 Å². The summed E-state index contributed by atoms with van der Waals surface area (Å²) < 4.78 is 2.02. The summed E-state index contributed by atoms with van der Waals surface area (Å²) in [4.78, 5) is 2.60. The highest BCUT2D eigenvalue weighted by Crippen LogP contribution is 2.10. The predicted octanol–water partition coefficient (Wildman–Crippen LogP) is 1.74. The Balaban J connectivity index is 1.63. The minimum absolute atomic E-state index is 0.711. The molecular weight excluding hydrogens is 224 g/mol. The lowest BCUT2D eigenvalue weighted by Gasteiger charge is -2.33. The molecule has 1 unspecified atom stereocenters. The smallest absolute Gasteiger partial charge is 0.0489 e. The van der Waals surface area contributed by atoms with Gasteiger partial charge < -0.3 is 10.2 Å². The highest BCUT2D eigenvalue weighted by atomic mass is 15.3. The lowest BCUT2D eigenvalue weighted by atomic mass is 10.1. The first-order valence-corrected chi connectivity index (χ1v) is 7.31. The molecule has 1 saturated heterocycles. The van der Waals surface area contributed by atoms with E-state index < -0.39 is 0 Å². The average molecular weight is 250 g/mol. The average Bonchev–Trinajstić information content (AvgIpc) is 2.90. The third-order valence-corrected chi connectivity index (χ3v) is 3.61. The van der Waals surface area contributed by atoms with Crippen LogP contribution in [0.1, 0.15) is 32.6 Å². The van der Waals surface area contributed by atoms with Crippen molar-refractivity contribution >= 4 is 0 Å². The number of piperidine rings is 1. The van der Waals surface area contributed by atoms with Gasteiger partial charge in [-0.1, -0.05) is 6.92 Å². The molecule has 2 heterocycles. The number of aromatic nitrogens is 2. The van der Waals surface area contributed by atoms with Crippen LogP contribution in [0.4, 0.5) is 0 Å². The van der Waals surface area contributed by atoms with E-state index in [1.54, 1.807) is 0 Å². The molecule has 0 bridgehead atoms. The van der Waals surface area contributed by atoms with E-state index in [4.69, 9.17) is 0 Å². The molecule has 18 heavy (non-hydrogen) atoms. The highest BCUT2D eigenvalue weighted by Gasteiger charge is 2.18. The maximum atomic E-state index is 4.24. The number of likely N-dealkylation sites (tertiary alicyclic amines) is 1. The summed E-state index contributed by atoms with van der Waals surface area (Å²) in [5.41, 5.74) is 0. The fraction of sp³-hybridized carbons (Fsp3) is 0.786. The first-order chi connectivity index (χ1) is 8.88. The third kappa shape index (κ3) is 4.42. The molecule has 1 aliphatic heterocycles. The van der Waals surface area contributed by atoms with Crippen LogP contribution in [0.3, 0.4) is 0 Å². The highest BCUT2D eigenvalue weighted by molar-refractivity contribution is 4.79. The first kappa shape index (κ1) is 13.6. The van der Waals surface area contributed by atoms with Crippen LogP contribution in [0, 0.1) is 0 Å². The van der Waals surface area contributed by atoms with Crippen LogP contribution in [0.5, 0.6) is 0 Å². The molecule has 1 fully saturated rings. The molecule has 1 N–H and O–H groups in total. The van der Waals surface area contributed by atoms with Crippen molar-refractivity contribution < 1.29 is 0 Å². The van der Waals surface area contributed by atoms with Gasteiger partial charge in [0.25, 0.3) is 0 Å². The summed E-state index contributed by atoms with van der Waals surface area (Å²) in [5, 5.41) is 7.89. The summed E-state index contributed by atoms with van der Waals surface area (Å²) in [6.07, 6.45) is 9.00. The van der Waals surface area contributed by atoms with Crippen molar-refractivity contribution in [3.8, 4) is 0 Å². The fourth-order valence-electron chi connectivity index (χ4n) is 2.66. The van der Waals surface area contributed by atoms with Crippen LogP contribution in [-0.4, -0.2) is 46.9 Å². The molecule has 4 nitrogen and oxygen atoms in total. The molecule has 0 radical (unpaired) electrons. The molecule has 1 aromatic heterocycles. The van der Waals surface area contributed by atoms with E-state index in [0.29, 0.717) is 6.04 Å². The lowest BCUT2D eigenvalue weighted by Crippen LogP contribution is -2.46. The zero-order chi connectivity index (χ0) is 12.6. The first-order valence-electron chi connectivity index (χ1n) is 7.31. The zero-order valence-corrected chi connectivity index (χ0v) is 11.5. The molecule has 102 valence electrons. The normalized spacial score (nSPS) is 21.3. The Morgan fingerprint density at radius 1 is 1.39 bits per heavy atom. The minimum atomic E-state index is 0.711. The van der Waals surface area contributed by atoms with Gasteiger partial charge in [0.1, 0.15) is 0 Å². The number of nitrogens with one attached hydrogen (secondary N) is 1. The van der Waals surface area contributed by atoms with E-state index in [1.165, 1.54) is 45.3 Å². The topological polar surface area (TPSA) is 33.1 Å². The van der Waals surface area contributed by atoms with Gasteiger partial charge in [-0.25, -0.2) is 0 Å². The second-order valence-corrected chi connectivity index (χ2v) is 5.22. The van der Waals surface area contributed by atoms with Gasteiger partial charge in [0.15, 0.2) is 0 Å². The van der Waals surface area contributed by atoms with Crippen LogP contribution < -0.4 is 5.32 Å². The molecule has 0 saturated carbocycles. The quantitative estimate of drug-likeness (QED) is 0.800. The maximum absolute atomic E-state index is 4.24. The fourth-order valence-corrected chi connectivity index (χ4v) is 2.66. The van der Waals surface area contributed by atoms with Gasteiger partial charge in [0.2, 0.25) is 0 Å². The van der Waals surface area contributed by atoms with Crippen molar-refractivity contribution in [2.45, 2.75) is 45.2 Å². The summed E-state index contributed by atoms with van der Waals surface area (Å²) in [7, 11) is 0. The summed E-state index contributed by atoms with van der Waals surface area (Å²) in [6, 6.07) is 2.70. The van der Waals surface area contributed by atoms with Crippen LogP contribution in [0.25, 0.3) is 0 Å². The van der Waals surface area contributed by atoms with E-state index >= 15 is 0 Å². The van der Waals surface area contributed by atoms with Crippen molar-refractivity contribution in [2.24, 2.45) is 0 Å². The standard InChI is InChI=1S/C14H26N4/c1-2-7-15-14-6-3-9-17(13-14)10-5-12-18-11-4-8-16-18/h4,8,11,14-15H,2-3,5-7,9-10,12-13H2,1H3. The number of aryl methyl sites for hydroxylation is 1. The molecule has 4 heteroatoms. The maximum Gasteiger partial charge on any atom is 0.0489 e. The Morgan fingerprint density at radius 3 is 3.11 bits per heavy atom. The minimum Gasteiger partial charge on any atom is -0.313 e. The SMILES string of the molecule is CCCNC1CCCN(CCCn2cccn2)C1. The summed E-state index contributed by atoms with van der Waals surface area (Å²) >= 11 is 0. The molecule has 0 amide bonds. The van der Waals surface area contributed by atoms with Gasteiger partial charge in [0, 0.05) is 31.5 Å². The zero-order valence-electron chi connectivity index (χ0n) is 11.5. The number of rotatable bonds is 7. The second-order valence-electron chi connectivity index (χ2n) is 5.22. The predicted molar refractivity (Wildman–Crippen MR) is 74.6 cm³/mol. The van der Waals surface area contributed by atoms with Crippen LogP contribution in [0.15, 0.2) is 18.5 Å². The molecule has 1 aromatic rings. The van der Waals surface area contributed by atoms with E-state index in [0.717, 1.165) is 13.1 Å². The third-order valence-electron chi connectivity index (χ3n) is 3.61. The molecule has 0 aromatic carbocycles. The Hall–Kier alpha value is -0.870. The molecule has 1 aliphatic rings. The molecule has 2 rings (SSSR count). The summed E-state index contributed by atoms with van der Waals surface area (Å²) in [6.45, 7) is 8.12.